The third-order valence-electron chi connectivity index (χ3n) is 3.55. The first-order valence-electron chi connectivity index (χ1n) is 7.36. The molecule has 1 unspecified atom stereocenters. The van der Waals surface area contributed by atoms with Gasteiger partial charge in [0, 0.05) is 23.1 Å². The van der Waals surface area contributed by atoms with Crippen LogP contribution in [0.3, 0.4) is 0 Å². The zero-order chi connectivity index (χ0) is 17.0. The number of aryl methyl sites for hydroxylation is 1. The quantitative estimate of drug-likeness (QED) is 0.786. The van der Waals surface area contributed by atoms with E-state index in [-0.39, 0.29) is 11.5 Å². The number of aromatic nitrogens is 2. The Balaban J connectivity index is 1.60. The van der Waals surface area contributed by atoms with Crippen LogP contribution >= 0.6 is 15.9 Å². The van der Waals surface area contributed by atoms with E-state index in [9.17, 15) is 8.42 Å². The Morgan fingerprint density at radius 3 is 2.71 bits per heavy atom. The number of halogens is 1. The van der Waals surface area contributed by atoms with Crippen LogP contribution in [-0.2, 0) is 21.1 Å². The maximum Gasteiger partial charge on any atom is 0.153 e. The molecule has 2 aromatic heterocycles. The summed E-state index contributed by atoms with van der Waals surface area (Å²) in [6.45, 7) is 0. The normalized spacial score (nSPS) is 17.4. The van der Waals surface area contributed by atoms with Gasteiger partial charge in [-0.2, -0.15) is 0 Å². The summed E-state index contributed by atoms with van der Waals surface area (Å²) in [5.41, 5.74) is 5.08. The summed E-state index contributed by atoms with van der Waals surface area (Å²) in [6, 6.07) is 7.33. The molecule has 1 aliphatic rings. The van der Waals surface area contributed by atoms with Gasteiger partial charge in [-0.15, -0.1) is 0 Å². The average Bonchev–Trinajstić information content (AvgIpc) is 3.02. The first kappa shape index (κ1) is 17.1. The molecule has 0 saturated heterocycles. The lowest BCUT2D eigenvalue weighted by molar-refractivity contribution is 0.0641. The standard InChI is InChI=1S/C16H16BrN3O3S/c17-13-1-2-15(19-10-13)16-9-14(23-20-16)11-24(21,22)8-5-12-3-6-18-7-4-12/h1-4,6-7,9-10,14,20H,5,8,11H2. The highest BCUT2D eigenvalue weighted by Crippen LogP contribution is 2.19. The highest BCUT2D eigenvalue weighted by atomic mass is 79.9. The van der Waals surface area contributed by atoms with E-state index in [2.05, 4.69) is 31.4 Å². The fourth-order valence-electron chi connectivity index (χ4n) is 2.30. The van der Waals surface area contributed by atoms with Crippen LogP contribution in [0.5, 0.6) is 0 Å². The number of pyridine rings is 2. The molecule has 24 heavy (non-hydrogen) atoms. The molecule has 2 aromatic rings. The maximum atomic E-state index is 12.3. The highest BCUT2D eigenvalue weighted by molar-refractivity contribution is 9.10. The van der Waals surface area contributed by atoms with Gasteiger partial charge in [-0.1, -0.05) is 0 Å². The van der Waals surface area contributed by atoms with Crippen LogP contribution in [-0.4, -0.2) is 36.0 Å². The molecule has 1 N–H and O–H groups in total. The summed E-state index contributed by atoms with van der Waals surface area (Å²) in [5.74, 6) is 0.0156. The number of sulfone groups is 1. The van der Waals surface area contributed by atoms with Gasteiger partial charge < -0.3 is 0 Å². The van der Waals surface area contributed by atoms with Crippen molar-refractivity contribution in [2.75, 3.05) is 11.5 Å². The van der Waals surface area contributed by atoms with Gasteiger partial charge in [-0.3, -0.25) is 20.3 Å². The predicted octanol–water partition coefficient (Wildman–Crippen LogP) is 2.14. The average molecular weight is 410 g/mol. The molecular formula is C16H16BrN3O3S. The molecule has 0 fully saturated rings. The van der Waals surface area contributed by atoms with Crippen molar-refractivity contribution in [1.82, 2.24) is 15.4 Å². The molecule has 0 radical (unpaired) electrons. The van der Waals surface area contributed by atoms with E-state index >= 15 is 0 Å². The van der Waals surface area contributed by atoms with Gasteiger partial charge in [0.05, 0.1) is 22.9 Å². The van der Waals surface area contributed by atoms with Crippen molar-refractivity contribution in [3.05, 3.63) is 64.7 Å². The van der Waals surface area contributed by atoms with Crippen molar-refractivity contribution < 1.29 is 13.3 Å². The van der Waals surface area contributed by atoms with E-state index in [0.29, 0.717) is 17.8 Å². The lowest BCUT2D eigenvalue weighted by atomic mass is 10.2. The lowest BCUT2D eigenvalue weighted by Gasteiger charge is -2.08. The Labute approximate surface area is 149 Å². The predicted molar refractivity (Wildman–Crippen MR) is 94.5 cm³/mol. The molecule has 1 aliphatic heterocycles. The lowest BCUT2D eigenvalue weighted by Crippen LogP contribution is -2.24. The smallest absolute Gasteiger partial charge is 0.153 e. The van der Waals surface area contributed by atoms with Gasteiger partial charge in [0.1, 0.15) is 6.10 Å². The molecule has 3 rings (SSSR count). The summed E-state index contributed by atoms with van der Waals surface area (Å²) in [4.78, 5) is 13.5. The number of hydroxylamine groups is 1. The van der Waals surface area contributed by atoms with Crippen molar-refractivity contribution >= 4 is 31.5 Å². The zero-order valence-corrected chi connectivity index (χ0v) is 15.1. The van der Waals surface area contributed by atoms with Gasteiger partial charge in [-0.05, 0) is 58.3 Å². The van der Waals surface area contributed by atoms with Crippen molar-refractivity contribution in [2.45, 2.75) is 12.5 Å². The van der Waals surface area contributed by atoms with Crippen LogP contribution in [0.1, 0.15) is 11.3 Å². The van der Waals surface area contributed by atoms with E-state index < -0.39 is 15.9 Å². The molecular weight excluding hydrogens is 394 g/mol. The molecule has 3 heterocycles. The van der Waals surface area contributed by atoms with Crippen molar-refractivity contribution in [2.24, 2.45) is 0 Å². The number of hydrogen-bond donors (Lipinski definition) is 1. The topological polar surface area (TPSA) is 81.2 Å². The SMILES string of the molecule is O=S(=O)(CCc1ccncc1)CC1C=C(c2ccc(Br)cn2)NO1. The minimum absolute atomic E-state index is 0.0644. The second kappa shape index (κ2) is 7.42. The van der Waals surface area contributed by atoms with E-state index in [1.54, 1.807) is 24.7 Å². The molecule has 126 valence electrons. The van der Waals surface area contributed by atoms with E-state index in [1.807, 2.05) is 24.3 Å². The van der Waals surface area contributed by atoms with Crippen LogP contribution in [0, 0.1) is 0 Å². The molecule has 0 aromatic carbocycles. The first-order valence-corrected chi connectivity index (χ1v) is 9.98. The van der Waals surface area contributed by atoms with Gasteiger partial charge in [0.2, 0.25) is 0 Å². The summed E-state index contributed by atoms with van der Waals surface area (Å²) in [5, 5.41) is 0. The Morgan fingerprint density at radius 1 is 1.21 bits per heavy atom. The van der Waals surface area contributed by atoms with Crippen molar-refractivity contribution in [1.29, 1.82) is 0 Å². The van der Waals surface area contributed by atoms with Crippen LogP contribution < -0.4 is 5.48 Å². The molecule has 0 bridgehead atoms. The third-order valence-corrected chi connectivity index (χ3v) is 5.68. The molecule has 0 aliphatic carbocycles. The Bertz CT molecular complexity index is 823. The third kappa shape index (κ3) is 4.62. The van der Waals surface area contributed by atoms with Crippen LogP contribution in [0.25, 0.3) is 5.70 Å². The first-order chi connectivity index (χ1) is 11.5. The van der Waals surface area contributed by atoms with Crippen molar-refractivity contribution in [3.8, 4) is 0 Å². The molecule has 0 spiro atoms. The van der Waals surface area contributed by atoms with Gasteiger partial charge >= 0.3 is 0 Å². The molecule has 6 nitrogen and oxygen atoms in total. The van der Waals surface area contributed by atoms with Gasteiger partial charge in [0.15, 0.2) is 9.84 Å². The zero-order valence-electron chi connectivity index (χ0n) is 12.7. The van der Waals surface area contributed by atoms with Crippen LogP contribution in [0.4, 0.5) is 0 Å². The Morgan fingerprint density at radius 2 is 2.00 bits per heavy atom. The molecule has 8 heteroatoms. The number of hydrogen-bond acceptors (Lipinski definition) is 6. The van der Waals surface area contributed by atoms with E-state index in [1.165, 1.54) is 0 Å². The summed E-state index contributed by atoms with van der Waals surface area (Å²) >= 11 is 3.33. The monoisotopic (exact) mass is 409 g/mol. The minimum Gasteiger partial charge on any atom is -0.267 e. The van der Waals surface area contributed by atoms with E-state index in [0.717, 1.165) is 10.0 Å². The fourth-order valence-corrected chi connectivity index (χ4v) is 3.92. The second-order valence-electron chi connectivity index (χ2n) is 5.42. The van der Waals surface area contributed by atoms with Gasteiger partial charge in [0.25, 0.3) is 0 Å². The van der Waals surface area contributed by atoms with Crippen LogP contribution in [0.2, 0.25) is 0 Å². The largest absolute Gasteiger partial charge is 0.267 e. The van der Waals surface area contributed by atoms with Crippen molar-refractivity contribution in [3.63, 3.8) is 0 Å². The van der Waals surface area contributed by atoms with Crippen LogP contribution in [0.15, 0.2) is 53.4 Å². The second-order valence-corrected chi connectivity index (χ2v) is 8.56. The highest BCUT2D eigenvalue weighted by Gasteiger charge is 2.24. The summed E-state index contributed by atoms with van der Waals surface area (Å²) < 4.78 is 25.4. The number of nitrogens with one attached hydrogen (secondary N) is 1. The fraction of sp³-hybridized carbons (Fsp3) is 0.250. The number of nitrogens with zero attached hydrogens (tertiary/aromatic N) is 2. The molecule has 0 saturated carbocycles. The Kier molecular flexibility index (Phi) is 5.27. The molecule has 1 atom stereocenters. The van der Waals surface area contributed by atoms with Gasteiger partial charge in [-0.25, -0.2) is 8.42 Å². The van der Waals surface area contributed by atoms with E-state index in [4.69, 9.17) is 4.84 Å². The summed E-state index contributed by atoms with van der Waals surface area (Å²) in [7, 11) is -3.23. The maximum absolute atomic E-state index is 12.3. The minimum atomic E-state index is -3.23. The molecule has 0 amide bonds. The Hall–Kier alpha value is -1.77. The number of rotatable bonds is 6. The summed E-state index contributed by atoms with van der Waals surface area (Å²) in [6.07, 6.45) is 6.69.